The summed E-state index contributed by atoms with van der Waals surface area (Å²) in [6.45, 7) is 7.82. The number of halogens is 2. The van der Waals surface area contributed by atoms with E-state index in [0.29, 0.717) is 4.47 Å². The lowest BCUT2D eigenvalue weighted by atomic mass is 9.99. The van der Waals surface area contributed by atoms with Gasteiger partial charge in [-0.1, -0.05) is 12.1 Å². The van der Waals surface area contributed by atoms with E-state index in [0.717, 1.165) is 44.6 Å². The van der Waals surface area contributed by atoms with Crippen molar-refractivity contribution in [3.63, 3.8) is 0 Å². The quantitative estimate of drug-likeness (QED) is 0.833. The molecule has 2 nitrogen and oxygen atoms in total. The van der Waals surface area contributed by atoms with Crippen LogP contribution < -0.4 is 5.32 Å². The van der Waals surface area contributed by atoms with Crippen molar-refractivity contribution in [3.8, 4) is 0 Å². The highest BCUT2D eigenvalue weighted by atomic mass is 79.9. The van der Waals surface area contributed by atoms with E-state index in [1.165, 1.54) is 0 Å². The Morgan fingerprint density at radius 1 is 1.42 bits per heavy atom. The molecule has 0 unspecified atom stereocenters. The van der Waals surface area contributed by atoms with Gasteiger partial charge in [0.2, 0.25) is 0 Å². The van der Waals surface area contributed by atoms with Crippen molar-refractivity contribution in [2.24, 2.45) is 0 Å². The average molecular weight is 327 g/mol. The van der Waals surface area contributed by atoms with Crippen molar-refractivity contribution < 1.29 is 4.39 Å². The SMILES string of the molecule is C=CCC[C@H](c1ccc(Br)c(F)c1)N1CCNCC1. The molecule has 0 aliphatic carbocycles. The van der Waals surface area contributed by atoms with Crippen LogP contribution in [-0.2, 0) is 0 Å². The summed E-state index contributed by atoms with van der Waals surface area (Å²) in [4.78, 5) is 2.43. The minimum Gasteiger partial charge on any atom is -0.314 e. The smallest absolute Gasteiger partial charge is 0.137 e. The molecule has 0 saturated carbocycles. The Kier molecular flexibility index (Phi) is 5.55. The fourth-order valence-corrected chi connectivity index (χ4v) is 2.80. The number of benzene rings is 1. The molecule has 104 valence electrons. The lowest BCUT2D eigenvalue weighted by Crippen LogP contribution is -2.45. The van der Waals surface area contributed by atoms with Crippen LogP contribution in [0.4, 0.5) is 4.39 Å². The van der Waals surface area contributed by atoms with Crippen molar-refractivity contribution in [1.29, 1.82) is 0 Å². The monoisotopic (exact) mass is 326 g/mol. The zero-order valence-electron chi connectivity index (χ0n) is 11.0. The predicted molar refractivity (Wildman–Crippen MR) is 80.7 cm³/mol. The molecule has 1 aromatic carbocycles. The summed E-state index contributed by atoms with van der Waals surface area (Å²) < 4.78 is 14.3. The molecule has 1 saturated heterocycles. The summed E-state index contributed by atoms with van der Waals surface area (Å²) in [7, 11) is 0. The number of piperazine rings is 1. The van der Waals surface area contributed by atoms with Gasteiger partial charge < -0.3 is 5.32 Å². The molecule has 1 N–H and O–H groups in total. The fourth-order valence-electron chi connectivity index (χ4n) is 2.55. The highest BCUT2D eigenvalue weighted by Gasteiger charge is 2.22. The Morgan fingerprint density at radius 3 is 2.79 bits per heavy atom. The maximum absolute atomic E-state index is 13.7. The molecule has 0 spiro atoms. The maximum Gasteiger partial charge on any atom is 0.137 e. The van der Waals surface area contributed by atoms with Gasteiger partial charge in [-0.3, -0.25) is 4.90 Å². The van der Waals surface area contributed by atoms with Crippen LogP contribution in [0.1, 0.15) is 24.4 Å². The number of rotatable bonds is 5. The van der Waals surface area contributed by atoms with Gasteiger partial charge in [-0.2, -0.15) is 0 Å². The lowest BCUT2D eigenvalue weighted by Gasteiger charge is -2.35. The first kappa shape index (κ1) is 14.7. The van der Waals surface area contributed by atoms with Crippen LogP contribution in [0.5, 0.6) is 0 Å². The van der Waals surface area contributed by atoms with Crippen molar-refractivity contribution in [3.05, 3.63) is 46.7 Å². The zero-order chi connectivity index (χ0) is 13.7. The van der Waals surface area contributed by atoms with E-state index in [1.54, 1.807) is 12.1 Å². The topological polar surface area (TPSA) is 15.3 Å². The lowest BCUT2D eigenvalue weighted by molar-refractivity contribution is 0.166. The third kappa shape index (κ3) is 3.88. The largest absolute Gasteiger partial charge is 0.314 e. The van der Waals surface area contributed by atoms with Crippen LogP contribution >= 0.6 is 15.9 Å². The average Bonchev–Trinajstić information content (AvgIpc) is 2.44. The number of hydrogen-bond donors (Lipinski definition) is 1. The molecule has 1 aliphatic rings. The minimum absolute atomic E-state index is 0.184. The molecule has 0 aromatic heterocycles. The van der Waals surface area contributed by atoms with E-state index >= 15 is 0 Å². The Morgan fingerprint density at radius 2 is 2.16 bits per heavy atom. The van der Waals surface area contributed by atoms with Gasteiger partial charge in [0.25, 0.3) is 0 Å². The van der Waals surface area contributed by atoms with Crippen molar-refractivity contribution in [1.82, 2.24) is 10.2 Å². The second-order valence-electron chi connectivity index (χ2n) is 4.84. The summed E-state index contributed by atoms with van der Waals surface area (Å²) in [6.07, 6.45) is 3.88. The Balaban J connectivity index is 2.19. The van der Waals surface area contributed by atoms with E-state index in [2.05, 4.69) is 32.7 Å². The van der Waals surface area contributed by atoms with Crippen molar-refractivity contribution in [2.45, 2.75) is 18.9 Å². The normalized spacial score (nSPS) is 18.2. The molecule has 1 aromatic rings. The summed E-state index contributed by atoms with van der Waals surface area (Å²) in [5.74, 6) is -0.184. The number of hydrogen-bond acceptors (Lipinski definition) is 2. The molecule has 0 radical (unpaired) electrons. The van der Waals surface area contributed by atoms with Gasteiger partial charge >= 0.3 is 0 Å². The first-order valence-corrected chi connectivity index (χ1v) is 7.52. The number of nitrogens with one attached hydrogen (secondary N) is 1. The van der Waals surface area contributed by atoms with Gasteiger partial charge in [0.1, 0.15) is 5.82 Å². The number of nitrogens with zero attached hydrogens (tertiary/aromatic N) is 1. The van der Waals surface area contributed by atoms with Crippen LogP contribution in [0.2, 0.25) is 0 Å². The zero-order valence-corrected chi connectivity index (χ0v) is 12.6. The van der Waals surface area contributed by atoms with E-state index in [1.807, 2.05) is 12.1 Å². The van der Waals surface area contributed by atoms with Crippen LogP contribution in [0, 0.1) is 5.82 Å². The molecular formula is C15H20BrFN2. The van der Waals surface area contributed by atoms with Gasteiger partial charge in [0.15, 0.2) is 0 Å². The third-order valence-corrected chi connectivity index (χ3v) is 4.21. The van der Waals surface area contributed by atoms with Crippen LogP contribution in [0.25, 0.3) is 0 Å². The third-order valence-electron chi connectivity index (χ3n) is 3.57. The van der Waals surface area contributed by atoms with Gasteiger partial charge in [0.05, 0.1) is 4.47 Å². The van der Waals surface area contributed by atoms with E-state index in [9.17, 15) is 4.39 Å². The second kappa shape index (κ2) is 7.17. The second-order valence-corrected chi connectivity index (χ2v) is 5.70. The Bertz CT molecular complexity index is 430. The Hall–Kier alpha value is -0.710. The molecule has 1 aliphatic heterocycles. The van der Waals surface area contributed by atoms with Crippen LogP contribution in [0.15, 0.2) is 35.3 Å². The summed E-state index contributed by atoms with van der Waals surface area (Å²) >= 11 is 3.21. The van der Waals surface area contributed by atoms with Gasteiger partial charge in [-0.15, -0.1) is 6.58 Å². The Labute approximate surface area is 122 Å². The molecule has 0 bridgehead atoms. The fraction of sp³-hybridized carbons (Fsp3) is 0.467. The first-order valence-electron chi connectivity index (χ1n) is 6.73. The van der Waals surface area contributed by atoms with Crippen molar-refractivity contribution >= 4 is 15.9 Å². The molecule has 1 heterocycles. The molecule has 1 fully saturated rings. The standard InChI is InChI=1S/C15H20BrFN2/c1-2-3-4-15(19-9-7-18-8-10-19)12-5-6-13(16)14(17)11-12/h2,5-6,11,15,18H,1,3-4,7-10H2/t15-/m1/s1. The van der Waals surface area contributed by atoms with Gasteiger partial charge in [0, 0.05) is 32.2 Å². The summed E-state index contributed by atoms with van der Waals surface area (Å²) in [5, 5.41) is 3.35. The predicted octanol–water partition coefficient (Wildman–Crippen LogP) is 3.50. The molecule has 19 heavy (non-hydrogen) atoms. The van der Waals surface area contributed by atoms with Gasteiger partial charge in [-0.25, -0.2) is 4.39 Å². The molecule has 4 heteroatoms. The highest BCUT2D eigenvalue weighted by Crippen LogP contribution is 2.28. The molecule has 0 amide bonds. The van der Waals surface area contributed by atoms with Crippen LogP contribution in [0.3, 0.4) is 0 Å². The van der Waals surface area contributed by atoms with E-state index < -0.39 is 0 Å². The van der Waals surface area contributed by atoms with Crippen LogP contribution in [-0.4, -0.2) is 31.1 Å². The van der Waals surface area contributed by atoms with Crippen molar-refractivity contribution in [2.75, 3.05) is 26.2 Å². The minimum atomic E-state index is -0.184. The van der Waals surface area contributed by atoms with E-state index in [4.69, 9.17) is 0 Å². The summed E-state index contributed by atoms with van der Waals surface area (Å²) in [6, 6.07) is 5.75. The molecule has 1 atom stereocenters. The van der Waals surface area contributed by atoms with E-state index in [-0.39, 0.29) is 11.9 Å². The first-order chi connectivity index (χ1) is 9.22. The highest BCUT2D eigenvalue weighted by molar-refractivity contribution is 9.10. The number of allylic oxidation sites excluding steroid dienone is 1. The molecular weight excluding hydrogens is 307 g/mol. The maximum atomic E-state index is 13.7. The van der Waals surface area contributed by atoms with Gasteiger partial charge in [-0.05, 0) is 46.5 Å². The summed E-state index contributed by atoms with van der Waals surface area (Å²) in [5.41, 5.74) is 1.06. The molecule has 2 rings (SSSR count).